The van der Waals surface area contributed by atoms with Crippen LogP contribution in [-0.2, 0) is 0 Å². The van der Waals surface area contributed by atoms with Gasteiger partial charge in [0.2, 0.25) is 0 Å². The van der Waals surface area contributed by atoms with E-state index in [9.17, 15) is 4.79 Å². The second-order valence-corrected chi connectivity index (χ2v) is 7.46. The number of carbonyl (C=O) groups excluding carboxylic acids is 1. The number of aryl methyl sites for hydroxylation is 1. The molecule has 146 valence electrons. The van der Waals surface area contributed by atoms with Crippen LogP contribution in [0.1, 0.15) is 21.5 Å². The smallest absolute Gasteiger partial charge is 0.343 e. The first-order chi connectivity index (χ1) is 14.0. The molecule has 7 heteroatoms. The van der Waals surface area contributed by atoms with Crippen molar-refractivity contribution in [3.05, 3.63) is 94.0 Å². The van der Waals surface area contributed by atoms with E-state index >= 15 is 0 Å². The first-order valence-corrected chi connectivity index (χ1v) is 9.95. The highest BCUT2D eigenvalue weighted by Gasteiger charge is 2.11. The van der Waals surface area contributed by atoms with Crippen molar-refractivity contribution in [3.8, 4) is 5.75 Å². The Labute approximate surface area is 182 Å². The molecule has 0 bridgehead atoms. The van der Waals surface area contributed by atoms with E-state index in [4.69, 9.17) is 17.0 Å². The summed E-state index contributed by atoms with van der Waals surface area (Å²) in [6.07, 6.45) is 1.54. The van der Waals surface area contributed by atoms with E-state index in [1.54, 1.807) is 48.7 Å². The summed E-state index contributed by atoms with van der Waals surface area (Å²) < 4.78 is 6.36. The summed E-state index contributed by atoms with van der Waals surface area (Å²) in [6, 6.07) is 22.0. The van der Waals surface area contributed by atoms with Crippen LogP contribution in [0.4, 0.5) is 5.69 Å². The van der Waals surface area contributed by atoms with E-state index in [0.29, 0.717) is 22.0 Å². The zero-order valence-electron chi connectivity index (χ0n) is 15.6. The van der Waals surface area contributed by atoms with E-state index in [1.807, 2.05) is 37.3 Å². The zero-order chi connectivity index (χ0) is 20.6. The highest BCUT2D eigenvalue weighted by atomic mass is 79.9. The summed E-state index contributed by atoms with van der Waals surface area (Å²) in [5.41, 5.74) is 5.85. The number of benzene rings is 3. The average Bonchev–Trinajstić information content (AvgIpc) is 2.70. The minimum atomic E-state index is -0.438. The number of ether oxygens (including phenoxy) is 1. The van der Waals surface area contributed by atoms with Gasteiger partial charge in [0.25, 0.3) is 0 Å². The van der Waals surface area contributed by atoms with Crippen LogP contribution in [-0.4, -0.2) is 17.3 Å². The minimum Gasteiger partial charge on any atom is -0.422 e. The number of esters is 1. The summed E-state index contributed by atoms with van der Waals surface area (Å²) in [4.78, 5) is 12.3. The Hall–Kier alpha value is -3.03. The van der Waals surface area contributed by atoms with E-state index in [1.165, 1.54) is 0 Å². The molecular weight excluding hydrogens is 450 g/mol. The lowest BCUT2D eigenvalue weighted by molar-refractivity contribution is 0.0734. The molecule has 0 amide bonds. The van der Waals surface area contributed by atoms with Crippen molar-refractivity contribution in [3.63, 3.8) is 0 Å². The molecule has 0 aliphatic rings. The molecule has 0 saturated carbocycles. The third kappa shape index (κ3) is 6.23. The molecule has 3 aromatic rings. The summed E-state index contributed by atoms with van der Waals surface area (Å²) in [7, 11) is 0. The minimum absolute atomic E-state index is 0.352. The lowest BCUT2D eigenvalue weighted by atomic mass is 10.2. The molecule has 3 rings (SSSR count). The summed E-state index contributed by atoms with van der Waals surface area (Å²) >= 11 is 8.68. The van der Waals surface area contributed by atoms with Crippen LogP contribution in [0.5, 0.6) is 5.75 Å². The molecule has 0 aliphatic heterocycles. The largest absolute Gasteiger partial charge is 0.422 e. The van der Waals surface area contributed by atoms with Gasteiger partial charge < -0.3 is 10.1 Å². The Balaban J connectivity index is 1.67. The molecular formula is C22H18BrN3O2S. The van der Waals surface area contributed by atoms with Crippen molar-refractivity contribution in [2.75, 3.05) is 5.32 Å². The quantitative estimate of drug-likeness (QED) is 0.175. The standard InChI is InChI=1S/C22H18BrN3O2S/c1-15-6-5-9-19(12-15)25-22(29)26-24-14-17-13-18(23)10-11-20(17)28-21(27)16-7-3-2-4-8-16/h2-14H,1H3,(H2,25,26,29)/b24-14+. The van der Waals surface area contributed by atoms with E-state index in [0.717, 1.165) is 15.7 Å². The highest BCUT2D eigenvalue weighted by molar-refractivity contribution is 9.10. The van der Waals surface area contributed by atoms with Crippen molar-refractivity contribution >= 4 is 51.1 Å². The van der Waals surface area contributed by atoms with Crippen LogP contribution in [0.3, 0.4) is 0 Å². The van der Waals surface area contributed by atoms with Crippen molar-refractivity contribution in [2.45, 2.75) is 6.92 Å². The van der Waals surface area contributed by atoms with Gasteiger partial charge in [-0.05, 0) is 67.2 Å². The molecule has 0 aliphatic carbocycles. The van der Waals surface area contributed by atoms with E-state index in [-0.39, 0.29) is 0 Å². The van der Waals surface area contributed by atoms with Gasteiger partial charge in [-0.3, -0.25) is 5.43 Å². The van der Waals surface area contributed by atoms with Gasteiger partial charge in [0.1, 0.15) is 5.75 Å². The highest BCUT2D eigenvalue weighted by Crippen LogP contribution is 2.23. The SMILES string of the molecule is Cc1cccc(NC(=S)N/N=C/c2cc(Br)ccc2OC(=O)c2ccccc2)c1. The number of carbonyl (C=O) groups is 1. The Morgan fingerprint density at radius 1 is 1.07 bits per heavy atom. The molecule has 0 unspecified atom stereocenters. The molecule has 0 fully saturated rings. The van der Waals surface area contributed by atoms with E-state index < -0.39 is 5.97 Å². The Morgan fingerprint density at radius 3 is 2.62 bits per heavy atom. The van der Waals surface area contributed by atoms with Crippen molar-refractivity contribution < 1.29 is 9.53 Å². The Bertz CT molecular complexity index is 1050. The molecule has 0 radical (unpaired) electrons. The monoisotopic (exact) mass is 467 g/mol. The number of hydrogen-bond donors (Lipinski definition) is 2. The number of anilines is 1. The predicted molar refractivity (Wildman–Crippen MR) is 124 cm³/mol. The molecule has 0 saturated heterocycles. The number of nitrogens with one attached hydrogen (secondary N) is 2. The molecule has 0 heterocycles. The van der Waals surface area contributed by atoms with Crippen LogP contribution in [0.15, 0.2) is 82.4 Å². The van der Waals surface area contributed by atoms with Gasteiger partial charge in [-0.1, -0.05) is 46.3 Å². The van der Waals surface area contributed by atoms with Gasteiger partial charge >= 0.3 is 5.97 Å². The summed E-state index contributed by atoms with van der Waals surface area (Å²) in [5, 5.41) is 7.56. The van der Waals surface area contributed by atoms with Crippen molar-refractivity contribution in [1.29, 1.82) is 0 Å². The maximum Gasteiger partial charge on any atom is 0.343 e. The predicted octanol–water partition coefficient (Wildman–Crippen LogP) is 5.30. The zero-order valence-corrected chi connectivity index (χ0v) is 18.0. The topological polar surface area (TPSA) is 62.7 Å². The number of halogens is 1. The number of nitrogens with zero attached hydrogens (tertiary/aromatic N) is 1. The normalized spacial score (nSPS) is 10.6. The average molecular weight is 468 g/mol. The number of hydrogen-bond acceptors (Lipinski definition) is 4. The number of rotatable bonds is 5. The molecule has 29 heavy (non-hydrogen) atoms. The first kappa shape index (κ1) is 20.7. The van der Waals surface area contributed by atoms with Gasteiger partial charge in [-0.2, -0.15) is 5.10 Å². The maximum atomic E-state index is 12.3. The van der Waals surface area contributed by atoms with E-state index in [2.05, 4.69) is 31.8 Å². The van der Waals surface area contributed by atoms with Crippen molar-refractivity contribution in [1.82, 2.24) is 5.43 Å². The second kappa shape index (κ2) is 9.95. The number of hydrazone groups is 1. The fourth-order valence-electron chi connectivity index (χ4n) is 2.49. The Morgan fingerprint density at radius 2 is 1.86 bits per heavy atom. The molecule has 0 atom stereocenters. The lowest BCUT2D eigenvalue weighted by Gasteiger charge is -2.09. The van der Waals surface area contributed by atoms with Gasteiger partial charge in [0, 0.05) is 15.7 Å². The van der Waals surface area contributed by atoms with Crippen LogP contribution in [0.25, 0.3) is 0 Å². The molecule has 5 nitrogen and oxygen atoms in total. The third-order valence-corrected chi connectivity index (χ3v) is 4.52. The lowest BCUT2D eigenvalue weighted by Crippen LogP contribution is -2.23. The third-order valence-electron chi connectivity index (χ3n) is 3.83. The fraction of sp³-hybridized carbons (Fsp3) is 0.0455. The fourth-order valence-corrected chi connectivity index (χ4v) is 3.04. The number of thiocarbonyl (C=S) groups is 1. The van der Waals surface area contributed by atoms with Crippen LogP contribution in [0.2, 0.25) is 0 Å². The van der Waals surface area contributed by atoms with Crippen LogP contribution in [0, 0.1) is 6.92 Å². The summed E-state index contributed by atoms with van der Waals surface area (Å²) in [6.45, 7) is 2.01. The Kier molecular flexibility index (Phi) is 7.10. The molecule has 2 N–H and O–H groups in total. The second-order valence-electron chi connectivity index (χ2n) is 6.13. The first-order valence-electron chi connectivity index (χ1n) is 8.75. The summed E-state index contributed by atoms with van der Waals surface area (Å²) in [5.74, 6) is -0.0441. The van der Waals surface area contributed by atoms with Crippen molar-refractivity contribution in [2.24, 2.45) is 5.10 Å². The van der Waals surface area contributed by atoms with Crippen LogP contribution >= 0.6 is 28.1 Å². The van der Waals surface area contributed by atoms with Gasteiger partial charge in [-0.25, -0.2) is 4.79 Å². The molecule has 0 spiro atoms. The maximum absolute atomic E-state index is 12.3. The molecule has 3 aromatic carbocycles. The van der Waals surface area contributed by atoms with Crippen LogP contribution < -0.4 is 15.5 Å². The van der Waals surface area contributed by atoms with Gasteiger partial charge in [0.15, 0.2) is 5.11 Å². The van der Waals surface area contributed by atoms with Gasteiger partial charge in [0.05, 0.1) is 11.8 Å². The van der Waals surface area contributed by atoms with Gasteiger partial charge in [-0.15, -0.1) is 0 Å². The molecule has 0 aromatic heterocycles.